The van der Waals surface area contributed by atoms with Crippen LogP contribution < -0.4 is 0 Å². The van der Waals surface area contributed by atoms with E-state index in [9.17, 15) is 13.6 Å². The summed E-state index contributed by atoms with van der Waals surface area (Å²) in [4.78, 5) is 13.7. The maximum atomic E-state index is 13.4. The van der Waals surface area contributed by atoms with Gasteiger partial charge in [0.1, 0.15) is 17.9 Å². The summed E-state index contributed by atoms with van der Waals surface area (Å²) in [7, 11) is 1.22. The van der Waals surface area contributed by atoms with Crippen molar-refractivity contribution in [3.05, 3.63) is 28.5 Å². The van der Waals surface area contributed by atoms with Crippen LogP contribution in [-0.4, -0.2) is 22.6 Å². The van der Waals surface area contributed by atoms with Crippen molar-refractivity contribution in [2.75, 3.05) is 7.11 Å². The molecule has 0 atom stereocenters. The van der Waals surface area contributed by atoms with Crippen molar-refractivity contribution in [3.8, 4) is 0 Å². The van der Waals surface area contributed by atoms with E-state index in [1.54, 1.807) is 0 Å². The molecule has 1 aromatic carbocycles. The number of carbonyl (C=O) groups is 1. The normalized spacial score (nSPS) is 10.8. The third-order valence-corrected chi connectivity index (χ3v) is 2.64. The second kappa shape index (κ2) is 4.25. The molecule has 7 heteroatoms. The number of hydrogen-bond donors (Lipinski definition) is 1. The summed E-state index contributed by atoms with van der Waals surface area (Å²) < 4.78 is 32.4. The molecular weight excluding hydrogens is 250 g/mol. The minimum atomic E-state index is -0.755. The van der Waals surface area contributed by atoms with Crippen LogP contribution in [0.15, 0.2) is 12.1 Å². The highest BCUT2D eigenvalue weighted by Crippen LogP contribution is 2.19. The Balaban J connectivity index is 2.66. The molecule has 0 bridgehead atoms. The van der Waals surface area contributed by atoms with Crippen LogP contribution in [-0.2, 0) is 16.1 Å². The van der Waals surface area contributed by atoms with E-state index in [4.69, 9.17) is 12.2 Å². The van der Waals surface area contributed by atoms with Crippen molar-refractivity contribution in [3.63, 3.8) is 0 Å². The van der Waals surface area contributed by atoms with Gasteiger partial charge in [0.25, 0.3) is 0 Å². The Bertz CT molecular complexity index is 648. The third kappa shape index (κ3) is 2.05. The molecule has 2 rings (SSSR count). The Hall–Kier alpha value is -1.76. The Morgan fingerprint density at radius 3 is 2.88 bits per heavy atom. The summed E-state index contributed by atoms with van der Waals surface area (Å²) in [5.41, 5.74) is 0.262. The predicted octanol–water partition coefficient (Wildman–Crippen LogP) is 2.15. The Morgan fingerprint density at radius 1 is 1.53 bits per heavy atom. The van der Waals surface area contributed by atoms with E-state index in [2.05, 4.69) is 9.72 Å². The minimum absolute atomic E-state index is 0.0697. The highest BCUT2D eigenvalue weighted by Gasteiger charge is 2.13. The van der Waals surface area contributed by atoms with Gasteiger partial charge in [-0.3, -0.25) is 4.79 Å². The van der Waals surface area contributed by atoms with E-state index in [0.717, 1.165) is 12.1 Å². The standard InChI is InChI=1S/C10H8F2N2O2S/c1-16-8(15)4-14-7-3-5(11)2-6(12)9(7)13-10(14)17/h2-3H,4H2,1H3,(H,13,17). The third-order valence-electron chi connectivity index (χ3n) is 2.32. The van der Waals surface area contributed by atoms with Crippen LogP contribution in [0, 0.1) is 16.4 Å². The summed E-state index contributed by atoms with van der Waals surface area (Å²) in [6, 6.07) is 1.85. The number of imidazole rings is 1. The van der Waals surface area contributed by atoms with Crippen LogP contribution in [0.5, 0.6) is 0 Å². The zero-order valence-corrected chi connectivity index (χ0v) is 9.61. The van der Waals surface area contributed by atoms with E-state index in [-0.39, 0.29) is 22.3 Å². The van der Waals surface area contributed by atoms with Crippen LogP contribution in [0.25, 0.3) is 11.0 Å². The molecule has 0 fully saturated rings. The summed E-state index contributed by atoms with van der Waals surface area (Å²) in [6.07, 6.45) is 0. The van der Waals surface area contributed by atoms with Crippen LogP contribution in [0.4, 0.5) is 8.78 Å². The molecule has 1 N–H and O–H groups in total. The lowest BCUT2D eigenvalue weighted by atomic mass is 10.3. The molecule has 4 nitrogen and oxygen atoms in total. The lowest BCUT2D eigenvalue weighted by Gasteiger charge is -2.02. The highest BCUT2D eigenvalue weighted by molar-refractivity contribution is 7.71. The fourth-order valence-electron chi connectivity index (χ4n) is 1.53. The number of rotatable bonds is 2. The molecular formula is C10H8F2N2O2S. The fourth-order valence-corrected chi connectivity index (χ4v) is 1.80. The van der Waals surface area contributed by atoms with Gasteiger partial charge in [0.05, 0.1) is 12.6 Å². The first kappa shape index (κ1) is 11.7. The van der Waals surface area contributed by atoms with Crippen molar-refractivity contribution in [1.29, 1.82) is 0 Å². The number of hydrogen-bond acceptors (Lipinski definition) is 3. The lowest BCUT2D eigenvalue weighted by Crippen LogP contribution is -2.11. The Labute approximate surface area is 99.8 Å². The first-order valence-electron chi connectivity index (χ1n) is 4.67. The maximum Gasteiger partial charge on any atom is 0.325 e. The van der Waals surface area contributed by atoms with E-state index >= 15 is 0 Å². The number of aromatic nitrogens is 2. The first-order valence-corrected chi connectivity index (χ1v) is 5.08. The smallest absolute Gasteiger partial charge is 0.325 e. The van der Waals surface area contributed by atoms with Gasteiger partial charge < -0.3 is 14.3 Å². The van der Waals surface area contributed by atoms with Crippen molar-refractivity contribution in [2.45, 2.75) is 6.54 Å². The molecule has 17 heavy (non-hydrogen) atoms. The van der Waals surface area contributed by atoms with Crippen molar-refractivity contribution in [2.24, 2.45) is 0 Å². The van der Waals surface area contributed by atoms with Gasteiger partial charge in [-0.05, 0) is 18.3 Å². The summed E-state index contributed by atoms with van der Waals surface area (Å²) >= 11 is 4.93. The highest BCUT2D eigenvalue weighted by atomic mass is 32.1. The molecule has 0 aliphatic rings. The van der Waals surface area contributed by atoms with Crippen LogP contribution in [0.2, 0.25) is 0 Å². The van der Waals surface area contributed by atoms with Gasteiger partial charge in [-0.25, -0.2) is 8.78 Å². The number of H-pyrrole nitrogens is 1. The van der Waals surface area contributed by atoms with Crippen molar-refractivity contribution >= 4 is 29.2 Å². The molecule has 0 saturated heterocycles. The SMILES string of the molecule is COC(=O)Cn1c(=S)[nH]c2c(F)cc(F)cc21. The van der Waals surface area contributed by atoms with E-state index < -0.39 is 17.6 Å². The molecule has 0 saturated carbocycles. The van der Waals surface area contributed by atoms with Gasteiger partial charge in [-0.2, -0.15) is 0 Å². The maximum absolute atomic E-state index is 13.4. The van der Waals surface area contributed by atoms with Crippen LogP contribution in [0.1, 0.15) is 0 Å². The van der Waals surface area contributed by atoms with Gasteiger partial charge in [0.2, 0.25) is 0 Å². The molecule has 0 radical (unpaired) electrons. The monoisotopic (exact) mass is 258 g/mol. The average Bonchev–Trinajstić information content (AvgIpc) is 2.57. The van der Waals surface area contributed by atoms with E-state index in [1.807, 2.05) is 0 Å². The number of methoxy groups -OCH3 is 1. The number of fused-ring (bicyclic) bond motifs is 1. The molecule has 0 aliphatic carbocycles. The largest absolute Gasteiger partial charge is 0.468 e. The van der Waals surface area contributed by atoms with Gasteiger partial charge in [-0.15, -0.1) is 0 Å². The molecule has 1 heterocycles. The number of esters is 1. The molecule has 0 amide bonds. The summed E-state index contributed by atoms with van der Waals surface area (Å²) in [6.45, 7) is -0.196. The van der Waals surface area contributed by atoms with Crippen LogP contribution in [0.3, 0.4) is 0 Å². The number of carbonyl (C=O) groups excluding carboxylic acids is 1. The van der Waals surface area contributed by atoms with E-state index in [1.165, 1.54) is 11.7 Å². The topological polar surface area (TPSA) is 47.0 Å². The minimum Gasteiger partial charge on any atom is -0.468 e. The predicted molar refractivity (Wildman–Crippen MR) is 59.1 cm³/mol. The second-order valence-electron chi connectivity index (χ2n) is 3.37. The Kier molecular flexibility index (Phi) is 2.93. The van der Waals surface area contributed by atoms with Gasteiger partial charge in [0.15, 0.2) is 10.6 Å². The number of aromatic amines is 1. The molecule has 90 valence electrons. The molecule has 2 aromatic rings. The molecule has 0 aliphatic heterocycles. The molecule has 0 spiro atoms. The molecule has 0 unspecified atom stereocenters. The number of nitrogens with zero attached hydrogens (tertiary/aromatic N) is 1. The quantitative estimate of drug-likeness (QED) is 0.663. The molecule has 1 aromatic heterocycles. The zero-order chi connectivity index (χ0) is 12.6. The second-order valence-corrected chi connectivity index (χ2v) is 3.76. The zero-order valence-electron chi connectivity index (χ0n) is 8.79. The Morgan fingerprint density at radius 2 is 2.24 bits per heavy atom. The summed E-state index contributed by atoms with van der Waals surface area (Å²) in [5.74, 6) is -2.04. The van der Waals surface area contributed by atoms with Crippen LogP contribution >= 0.6 is 12.2 Å². The fraction of sp³-hybridized carbons (Fsp3) is 0.200. The van der Waals surface area contributed by atoms with Gasteiger partial charge in [0, 0.05) is 6.07 Å². The number of benzene rings is 1. The number of nitrogens with one attached hydrogen (secondary N) is 1. The van der Waals surface area contributed by atoms with Crippen molar-refractivity contribution in [1.82, 2.24) is 9.55 Å². The van der Waals surface area contributed by atoms with Gasteiger partial charge in [-0.1, -0.05) is 0 Å². The number of ether oxygens (including phenoxy) is 1. The van der Waals surface area contributed by atoms with E-state index in [0.29, 0.717) is 0 Å². The van der Waals surface area contributed by atoms with Crippen molar-refractivity contribution < 1.29 is 18.3 Å². The lowest BCUT2D eigenvalue weighted by molar-refractivity contribution is -0.141. The summed E-state index contributed by atoms with van der Waals surface area (Å²) in [5, 5.41) is 0. The first-order chi connectivity index (χ1) is 8.02. The number of halogens is 2. The van der Waals surface area contributed by atoms with Gasteiger partial charge >= 0.3 is 5.97 Å². The average molecular weight is 258 g/mol.